The van der Waals surface area contributed by atoms with E-state index in [1.54, 1.807) is 64.9 Å². The summed E-state index contributed by atoms with van der Waals surface area (Å²) in [7, 11) is -14.5. The van der Waals surface area contributed by atoms with Crippen molar-refractivity contribution in [1.29, 1.82) is 21.0 Å². The summed E-state index contributed by atoms with van der Waals surface area (Å²) in [5.74, 6) is -0.903. The largest absolute Gasteiger partial charge is 0.493 e. The fourth-order valence-corrected chi connectivity index (χ4v) is 20.7. The summed E-state index contributed by atoms with van der Waals surface area (Å²) in [4.78, 5) is 51.8. The van der Waals surface area contributed by atoms with E-state index in [0.717, 1.165) is 108 Å². The van der Waals surface area contributed by atoms with Gasteiger partial charge >= 0.3 is 0 Å². The molecule has 137 heavy (non-hydrogen) atoms. The van der Waals surface area contributed by atoms with E-state index in [2.05, 4.69) is 68.6 Å². The van der Waals surface area contributed by atoms with Gasteiger partial charge in [0.05, 0.1) is 42.3 Å². The highest BCUT2D eigenvalue weighted by Gasteiger charge is 2.32. The third-order valence-electron chi connectivity index (χ3n) is 23.3. The van der Waals surface area contributed by atoms with Crippen molar-refractivity contribution in [2.75, 3.05) is 52.4 Å². The summed E-state index contributed by atoms with van der Waals surface area (Å²) in [6, 6.07) is 31.6. The standard InChI is InChI=1S/C31H47N5O4S.C23H31N5O4S.C22H29N5O4S.C21H27N5O4S/c1-7-12-14-24(9-3)21-35(22-25(10-4)15-13-8-2)41(39,40)27-18-16-26(17-19-27)33-34-29-23(6)28(20-32)30(37)36(11-5)31(29)38;1-5-8-14-27(15-9-6-2)33(31,32)19-12-10-18(11-13-19)25-26-21-17(4)20(16-24)22(29)28(7-3)23(21)30;1-5-9-14-27-21(28)19(15-23)18(6-2)20(22(27)29)25-24-16-10-12-17(13-11-16)32(30,31)26(7-3)8-4;1-5-8-13-26-20(27)18(14-22)15(4)19(21(26)28)24-23-16-9-11-17(12-10-16)31(29,30)25(6-2)7-3/h16-19,24-25,37H,7-15,21-22H2,1-6H3;10-13,29H,5-9,14-15H2,1-4H3;10-13,28H,5-9,14H2,1-4H3;9-12,27H,5-8,13H2,1-4H3. The third-order valence-corrected chi connectivity index (χ3v) is 31.2. The second-order valence-corrected chi connectivity index (χ2v) is 40.0. The lowest BCUT2D eigenvalue weighted by Gasteiger charge is -2.30. The van der Waals surface area contributed by atoms with Crippen molar-refractivity contribution in [2.24, 2.45) is 52.7 Å². The first-order chi connectivity index (χ1) is 65.3. The number of nitriles is 4. The molecule has 0 aliphatic rings. The van der Waals surface area contributed by atoms with Crippen LogP contribution in [0.15, 0.2) is 177 Å². The number of azo groups is 4. The topological polar surface area (TPSA) is 512 Å². The van der Waals surface area contributed by atoms with Crippen molar-refractivity contribution in [3.05, 3.63) is 183 Å². The van der Waals surface area contributed by atoms with Gasteiger partial charge in [0.15, 0.2) is 22.7 Å². The molecule has 40 heteroatoms. The molecule has 8 rings (SSSR count). The molecule has 0 saturated carbocycles. The first-order valence-electron chi connectivity index (χ1n) is 46.9. The second kappa shape index (κ2) is 55.9. The Bertz CT molecular complexity index is 6420. The van der Waals surface area contributed by atoms with Crippen LogP contribution in [-0.2, 0) is 72.7 Å². The maximum Gasteiger partial charge on any atom is 0.281 e. The minimum atomic E-state index is -3.74. The number of rotatable bonds is 47. The minimum Gasteiger partial charge on any atom is -0.493 e. The van der Waals surface area contributed by atoms with Crippen molar-refractivity contribution in [1.82, 2.24) is 35.5 Å². The summed E-state index contributed by atoms with van der Waals surface area (Å²) in [6.45, 7) is 37.6. The molecule has 0 radical (unpaired) electrons. The summed E-state index contributed by atoms with van der Waals surface area (Å²) in [6.07, 6.45) is 14.8. The molecule has 0 amide bonds. The Kier molecular flexibility index (Phi) is 47.1. The zero-order valence-electron chi connectivity index (χ0n) is 82.2. The average molecular weight is 1960 g/mol. The van der Waals surface area contributed by atoms with Crippen LogP contribution in [0.2, 0.25) is 0 Å². The van der Waals surface area contributed by atoms with Crippen molar-refractivity contribution in [3.63, 3.8) is 0 Å². The summed E-state index contributed by atoms with van der Waals surface area (Å²) >= 11 is 0. The minimum absolute atomic E-state index is 0.00204. The first-order valence-corrected chi connectivity index (χ1v) is 52.6. The summed E-state index contributed by atoms with van der Waals surface area (Å²) in [5, 5.41) is 111. The van der Waals surface area contributed by atoms with E-state index in [1.165, 1.54) is 119 Å². The number of aromatic hydroxyl groups is 4. The van der Waals surface area contributed by atoms with Gasteiger partial charge in [-0.2, -0.15) is 58.7 Å². The van der Waals surface area contributed by atoms with E-state index in [-0.39, 0.29) is 119 Å². The average Bonchev–Trinajstić information content (AvgIpc) is 0.799. The Labute approximate surface area is 806 Å². The molecular weight excluding hydrogens is 1830 g/mol. The van der Waals surface area contributed by atoms with Crippen LogP contribution in [0.5, 0.6) is 23.5 Å². The van der Waals surface area contributed by atoms with Crippen LogP contribution < -0.4 is 22.2 Å². The molecule has 0 aliphatic heterocycles. The molecule has 0 saturated heterocycles. The van der Waals surface area contributed by atoms with Gasteiger partial charge in [0.2, 0.25) is 63.6 Å². The molecule has 4 aromatic carbocycles. The highest BCUT2D eigenvalue weighted by Crippen LogP contribution is 2.36. The molecule has 2 unspecified atom stereocenters. The highest BCUT2D eigenvalue weighted by molar-refractivity contribution is 7.90. The number of aromatic nitrogens is 4. The Morgan fingerprint density at radius 2 is 0.569 bits per heavy atom. The van der Waals surface area contributed by atoms with Crippen LogP contribution >= 0.6 is 0 Å². The highest BCUT2D eigenvalue weighted by atomic mass is 32.2. The van der Waals surface area contributed by atoms with Crippen LogP contribution in [0.3, 0.4) is 0 Å². The second-order valence-electron chi connectivity index (χ2n) is 32.3. The molecule has 4 aromatic heterocycles. The predicted molar refractivity (Wildman–Crippen MR) is 530 cm³/mol. The molecule has 0 aliphatic carbocycles. The molecule has 2 atom stereocenters. The third kappa shape index (κ3) is 29.5. The zero-order valence-corrected chi connectivity index (χ0v) is 85.4. The Morgan fingerprint density at radius 3 is 0.825 bits per heavy atom. The van der Waals surface area contributed by atoms with Crippen LogP contribution in [0, 0.1) is 77.9 Å². The normalized spacial score (nSPS) is 12.4. The Balaban J connectivity index is 0.000000324. The van der Waals surface area contributed by atoms with Crippen LogP contribution in [0.25, 0.3) is 0 Å². The lowest BCUT2D eigenvalue weighted by molar-refractivity contribution is 0.270. The molecule has 8 aromatic rings. The molecule has 0 bridgehead atoms. The Hall–Kier alpha value is -12.1. The fourth-order valence-electron chi connectivity index (χ4n) is 14.7. The number of hydrogen-bond donors (Lipinski definition) is 4. The van der Waals surface area contributed by atoms with Gasteiger partial charge in [0, 0.05) is 101 Å². The Morgan fingerprint density at radius 1 is 0.321 bits per heavy atom. The first kappa shape index (κ1) is 115. The molecular formula is C97H134N20O16S4. The maximum atomic E-state index is 13.9. The smallest absolute Gasteiger partial charge is 0.281 e. The van der Waals surface area contributed by atoms with Gasteiger partial charge < -0.3 is 20.4 Å². The lowest BCUT2D eigenvalue weighted by atomic mass is 9.97. The number of benzene rings is 4. The van der Waals surface area contributed by atoms with E-state index in [0.29, 0.717) is 112 Å². The van der Waals surface area contributed by atoms with E-state index in [9.17, 15) is 94.3 Å². The molecule has 4 heterocycles. The van der Waals surface area contributed by atoms with Gasteiger partial charge in [-0.15, -0.1) is 20.5 Å². The number of hydrogen-bond acceptors (Lipinski definition) is 28. The van der Waals surface area contributed by atoms with E-state index >= 15 is 0 Å². The molecule has 742 valence electrons. The number of nitrogens with zero attached hydrogens (tertiary/aromatic N) is 20. The van der Waals surface area contributed by atoms with Crippen LogP contribution in [-0.4, -0.2) is 142 Å². The summed E-state index contributed by atoms with van der Waals surface area (Å²) in [5.41, 5.74) is 0.0947. The van der Waals surface area contributed by atoms with Gasteiger partial charge in [-0.25, -0.2) is 33.7 Å². The molecule has 0 fully saturated rings. The molecule has 4 N–H and O–H groups in total. The van der Waals surface area contributed by atoms with Gasteiger partial charge in [0.25, 0.3) is 22.2 Å². The fraction of sp³-hybridized carbons (Fsp3) is 0.505. The van der Waals surface area contributed by atoms with Crippen molar-refractivity contribution >= 4 is 85.6 Å². The predicted octanol–water partition coefficient (Wildman–Crippen LogP) is 20.6. The number of unbranched alkanes of at least 4 members (excludes halogenated alkanes) is 6. The quantitative estimate of drug-likeness (QED) is 0.0257. The van der Waals surface area contributed by atoms with E-state index in [4.69, 9.17) is 0 Å². The molecule has 36 nitrogen and oxygen atoms in total. The van der Waals surface area contributed by atoms with Gasteiger partial charge in [-0.3, -0.25) is 37.4 Å². The van der Waals surface area contributed by atoms with E-state index in [1.807, 2.05) is 52.0 Å². The van der Waals surface area contributed by atoms with Crippen molar-refractivity contribution < 1.29 is 54.1 Å². The van der Waals surface area contributed by atoms with Gasteiger partial charge in [0.1, 0.15) is 46.5 Å². The monoisotopic (exact) mass is 1960 g/mol. The maximum absolute atomic E-state index is 13.9. The van der Waals surface area contributed by atoms with E-state index < -0.39 is 74.1 Å². The number of sulfonamides is 4. The SMILES string of the molecule is CCCCC(CC)CN(CC(CC)CCCC)S(=O)(=O)c1ccc(N=Nc2c(C)c(C#N)c(O)n(CC)c2=O)cc1.CCCCN(CCCC)S(=O)(=O)c1ccc(N=Nc2c(C)c(C#N)c(O)n(CC)c2=O)cc1.CCCCn1c(O)c(C#N)c(C)c(N=Nc2ccc(S(=O)(=O)N(CC)CC)cc2)c1=O.CCCCn1c(O)c(C#N)c(CC)c(N=Nc2ccc(S(=O)(=O)N(CC)CC)cc2)c1=O. The lowest BCUT2D eigenvalue weighted by Crippen LogP contribution is -2.39. The van der Waals surface area contributed by atoms with Crippen molar-refractivity contribution in [3.8, 4) is 47.8 Å². The number of pyridine rings is 4. The zero-order chi connectivity index (χ0) is 102. The summed E-state index contributed by atoms with van der Waals surface area (Å²) < 4.78 is 115. The van der Waals surface area contributed by atoms with Gasteiger partial charge in [-0.05, 0) is 188 Å². The molecule has 0 spiro atoms. The van der Waals surface area contributed by atoms with Crippen molar-refractivity contribution in [2.45, 2.75) is 280 Å². The van der Waals surface area contributed by atoms with Crippen LogP contribution in [0.4, 0.5) is 45.5 Å². The van der Waals surface area contributed by atoms with Crippen LogP contribution in [0.1, 0.15) is 251 Å². The van der Waals surface area contributed by atoms with Gasteiger partial charge in [-0.1, -0.05) is 154 Å².